The monoisotopic (exact) mass is 555 g/mol. The number of anilines is 1. The van der Waals surface area contributed by atoms with Crippen LogP contribution in [0.3, 0.4) is 0 Å². The number of nitrogens with one attached hydrogen (secondary N) is 2. The molecule has 3 aliphatic rings. The minimum atomic E-state index is -0.828. The van der Waals surface area contributed by atoms with Crippen molar-refractivity contribution in [2.24, 2.45) is 17.8 Å². The van der Waals surface area contributed by atoms with Crippen molar-refractivity contribution < 1.29 is 19.5 Å². The first-order chi connectivity index (χ1) is 18.3. The van der Waals surface area contributed by atoms with Crippen LogP contribution in [0.1, 0.15) is 32.3 Å². The van der Waals surface area contributed by atoms with Crippen LogP contribution in [-0.2, 0) is 20.8 Å². The number of thioether (sulfide) groups is 1. The second kappa shape index (κ2) is 10.9. The number of fused-ring (bicyclic) bond motifs is 1. The molecule has 9 heteroatoms. The summed E-state index contributed by atoms with van der Waals surface area (Å²) in [5.74, 6) is -1.70. The predicted molar refractivity (Wildman–Crippen MR) is 150 cm³/mol. The van der Waals surface area contributed by atoms with Gasteiger partial charge in [-0.15, -0.1) is 11.8 Å². The van der Waals surface area contributed by atoms with Gasteiger partial charge in [-0.25, -0.2) is 0 Å². The predicted octanol–water partition coefficient (Wildman–Crippen LogP) is 3.75. The van der Waals surface area contributed by atoms with E-state index in [9.17, 15) is 19.5 Å². The van der Waals surface area contributed by atoms with Crippen LogP contribution in [0.5, 0.6) is 0 Å². The summed E-state index contributed by atoms with van der Waals surface area (Å²) in [5, 5.41) is 17.1. The van der Waals surface area contributed by atoms with E-state index in [0.29, 0.717) is 23.7 Å². The van der Waals surface area contributed by atoms with Crippen LogP contribution in [0.2, 0.25) is 5.02 Å². The van der Waals surface area contributed by atoms with Gasteiger partial charge in [0.15, 0.2) is 0 Å². The van der Waals surface area contributed by atoms with Crippen molar-refractivity contribution in [2.45, 2.75) is 55.2 Å². The first kappa shape index (κ1) is 27.0. The first-order valence-electron chi connectivity index (χ1n) is 13.3. The Kier molecular flexibility index (Phi) is 7.76. The second-order valence-corrected chi connectivity index (χ2v) is 12.6. The van der Waals surface area contributed by atoms with Gasteiger partial charge >= 0.3 is 0 Å². The number of benzene rings is 2. The van der Waals surface area contributed by atoms with Gasteiger partial charge in [-0.1, -0.05) is 55.8 Å². The van der Waals surface area contributed by atoms with Gasteiger partial charge in [-0.2, -0.15) is 0 Å². The molecule has 5 rings (SSSR count). The molecule has 7 nitrogen and oxygen atoms in total. The molecule has 2 aromatic rings. The van der Waals surface area contributed by atoms with Crippen molar-refractivity contribution in [2.75, 3.05) is 18.5 Å². The van der Waals surface area contributed by atoms with Crippen LogP contribution in [0.15, 0.2) is 54.6 Å². The maximum absolute atomic E-state index is 14.3. The summed E-state index contributed by atoms with van der Waals surface area (Å²) in [4.78, 5) is 43.4. The molecule has 3 aliphatic heterocycles. The smallest absolute Gasteiger partial charge is 0.248 e. The number of halogens is 1. The molecule has 3 fully saturated rings. The number of likely N-dealkylation sites (tertiary alicyclic amines) is 1. The molecule has 3 saturated heterocycles. The van der Waals surface area contributed by atoms with Crippen LogP contribution in [-0.4, -0.2) is 63.0 Å². The van der Waals surface area contributed by atoms with Crippen LogP contribution >= 0.6 is 23.4 Å². The van der Waals surface area contributed by atoms with Gasteiger partial charge in [0.05, 0.1) is 29.2 Å². The van der Waals surface area contributed by atoms with Gasteiger partial charge < -0.3 is 20.6 Å². The first-order valence-corrected chi connectivity index (χ1v) is 14.6. The molecule has 202 valence electrons. The van der Waals surface area contributed by atoms with Crippen molar-refractivity contribution >= 4 is 46.8 Å². The van der Waals surface area contributed by atoms with Gasteiger partial charge in [0, 0.05) is 22.5 Å². The highest BCUT2D eigenvalue weighted by molar-refractivity contribution is 8.02. The number of rotatable bonds is 9. The molecule has 2 aromatic carbocycles. The van der Waals surface area contributed by atoms with Crippen molar-refractivity contribution in [1.82, 2.24) is 10.2 Å². The molecular weight excluding hydrogens is 522 g/mol. The van der Waals surface area contributed by atoms with Crippen molar-refractivity contribution in [3.63, 3.8) is 0 Å². The third-order valence-electron chi connectivity index (χ3n) is 8.31. The Morgan fingerprint density at radius 2 is 1.87 bits per heavy atom. The molecule has 3 N–H and O–H groups in total. The number of hydrogen-bond donors (Lipinski definition) is 3. The van der Waals surface area contributed by atoms with Crippen LogP contribution in [0.4, 0.5) is 5.69 Å². The van der Waals surface area contributed by atoms with E-state index in [0.717, 1.165) is 18.4 Å². The minimum absolute atomic E-state index is 0.0227. The highest BCUT2D eigenvalue weighted by Crippen LogP contribution is 2.68. The Labute approximate surface area is 232 Å². The molecule has 2 bridgehead atoms. The zero-order valence-corrected chi connectivity index (χ0v) is 23.2. The van der Waals surface area contributed by atoms with Crippen molar-refractivity contribution in [3.05, 3.63) is 65.2 Å². The lowest BCUT2D eigenvalue weighted by Gasteiger charge is -2.40. The molecular formula is C29H34ClN3O4S. The highest BCUT2D eigenvalue weighted by Gasteiger charge is 2.76. The van der Waals surface area contributed by atoms with E-state index >= 15 is 0 Å². The Morgan fingerprint density at radius 3 is 2.53 bits per heavy atom. The number of hydrogen-bond acceptors (Lipinski definition) is 5. The van der Waals surface area contributed by atoms with Gasteiger partial charge in [0.2, 0.25) is 17.7 Å². The number of aliphatic hydroxyl groups excluding tert-OH is 1. The molecule has 7 atom stereocenters. The summed E-state index contributed by atoms with van der Waals surface area (Å²) < 4.78 is -0.753. The summed E-state index contributed by atoms with van der Waals surface area (Å²) in [5.41, 5.74) is 1.55. The lowest BCUT2D eigenvalue weighted by Crippen LogP contribution is -2.57. The number of carbonyl (C=O) groups is 3. The quantitative estimate of drug-likeness (QED) is 0.438. The summed E-state index contributed by atoms with van der Waals surface area (Å²) in [7, 11) is 0. The Morgan fingerprint density at radius 1 is 1.16 bits per heavy atom. The number of nitrogens with zero attached hydrogens (tertiary/aromatic N) is 1. The maximum atomic E-state index is 14.3. The number of amides is 3. The largest absolute Gasteiger partial charge is 0.394 e. The van der Waals surface area contributed by atoms with E-state index in [1.165, 1.54) is 0 Å². The zero-order valence-electron chi connectivity index (χ0n) is 21.6. The van der Waals surface area contributed by atoms with E-state index in [1.807, 2.05) is 37.3 Å². The number of aliphatic hydroxyl groups is 1. The fraction of sp³-hybridized carbons (Fsp3) is 0.483. The van der Waals surface area contributed by atoms with E-state index in [4.69, 9.17) is 11.6 Å². The van der Waals surface area contributed by atoms with Crippen LogP contribution < -0.4 is 10.6 Å². The van der Waals surface area contributed by atoms with Gasteiger partial charge in [0.25, 0.3) is 0 Å². The van der Waals surface area contributed by atoms with Gasteiger partial charge in [0.1, 0.15) is 6.04 Å². The number of carbonyl (C=O) groups excluding carboxylic acids is 3. The average Bonchev–Trinajstić information content (AvgIpc) is 3.51. The molecule has 0 aromatic heterocycles. The van der Waals surface area contributed by atoms with Crippen molar-refractivity contribution in [1.29, 1.82) is 0 Å². The molecule has 3 unspecified atom stereocenters. The van der Waals surface area contributed by atoms with Crippen LogP contribution in [0.25, 0.3) is 0 Å². The maximum Gasteiger partial charge on any atom is 0.248 e. The van der Waals surface area contributed by atoms with Crippen molar-refractivity contribution in [3.8, 4) is 0 Å². The lowest BCUT2D eigenvalue weighted by atomic mass is 9.66. The summed E-state index contributed by atoms with van der Waals surface area (Å²) >= 11 is 7.68. The molecule has 0 radical (unpaired) electrons. The molecule has 1 spiro atoms. The van der Waals surface area contributed by atoms with E-state index in [1.54, 1.807) is 40.9 Å². The fourth-order valence-electron chi connectivity index (χ4n) is 6.70. The summed E-state index contributed by atoms with van der Waals surface area (Å²) in [6.45, 7) is 4.34. The highest BCUT2D eigenvalue weighted by atomic mass is 35.5. The molecule has 0 aliphatic carbocycles. The zero-order chi connectivity index (χ0) is 27.0. The molecule has 3 heterocycles. The van der Waals surface area contributed by atoms with Gasteiger partial charge in [-0.3, -0.25) is 14.4 Å². The van der Waals surface area contributed by atoms with Gasteiger partial charge in [-0.05, 0) is 55.0 Å². The topological polar surface area (TPSA) is 98.7 Å². The second-order valence-electron chi connectivity index (χ2n) is 10.6. The summed E-state index contributed by atoms with van der Waals surface area (Å²) in [6.07, 6.45) is 1.98. The Hall–Kier alpha value is -2.55. The SMILES string of the molecule is CCCNC(=O)[C@@H]1[C@H]2C(=O)N([C@@H](CO)Cc3ccccc3)C(C(=O)Nc3ccc(Cl)cc3)C23S[C@@H]1CC3C. The minimum Gasteiger partial charge on any atom is -0.394 e. The fourth-order valence-corrected chi connectivity index (χ4v) is 9.23. The standard InChI is InChI=1S/C29H34ClN3O4S/c1-3-13-31-26(35)23-22-14-17(2)29(38-22)24(23)28(37)33(21(16-34)15-18-7-5-4-6-8-18)25(29)27(36)32-20-11-9-19(30)10-12-20/h4-12,17,21-25,34H,3,13-16H2,1-2H3,(H,31,35)(H,32,36)/t17?,21-,22-,23+,24+,25?,29?/m1/s1. The normalized spacial score (nSPS) is 30.3. The average molecular weight is 556 g/mol. The Balaban J connectivity index is 1.55. The van der Waals surface area contributed by atoms with E-state index in [2.05, 4.69) is 17.6 Å². The third-order valence-corrected chi connectivity index (χ3v) is 10.6. The van der Waals surface area contributed by atoms with Crippen LogP contribution in [0, 0.1) is 17.8 Å². The molecule has 3 amide bonds. The molecule has 0 saturated carbocycles. The van der Waals surface area contributed by atoms with E-state index in [-0.39, 0.29) is 35.5 Å². The lowest BCUT2D eigenvalue weighted by molar-refractivity contribution is -0.142. The third kappa shape index (κ3) is 4.50. The summed E-state index contributed by atoms with van der Waals surface area (Å²) in [6, 6.07) is 15.1. The van der Waals surface area contributed by atoms with E-state index < -0.39 is 28.7 Å². The molecule has 38 heavy (non-hydrogen) atoms. The Bertz CT molecular complexity index is 1200.